The number of unbranched alkanes of at least 4 members (excludes halogenated alkanes) is 10. The number of hydrogen-bond donors (Lipinski definition) is 1. The number of ether oxygens (including phenoxy) is 2. The standard InChI is InChI=1S/C52H65N3O5/c1-3-5-7-9-11-17-33-59-51(57)46(37-39-23-25-41-19-13-15-21-43(41)35-39)48-27-28-49(55(48)45-29-31-53-32-30-45)50(56)54-47(52(58)60-34-18-12-10-8-6-4-2)38-40-24-26-42-20-14-16-22-44(42)36-40/h13-16,19-26,29-32,35-36,46-49H,3-12,17-18,27-28,33-34,37-38H2,1-2H3,(H,54,56)/t46-,47-,48-,49-/m0/s1. The van der Waals surface area contributed by atoms with Crippen LogP contribution in [0.5, 0.6) is 0 Å². The van der Waals surface area contributed by atoms with Crippen molar-refractivity contribution in [3.8, 4) is 0 Å². The molecule has 4 atom stereocenters. The summed E-state index contributed by atoms with van der Waals surface area (Å²) in [6.45, 7) is 5.11. The number of benzene rings is 4. The maximum atomic E-state index is 14.7. The van der Waals surface area contributed by atoms with Gasteiger partial charge < -0.3 is 19.7 Å². The highest BCUT2D eigenvalue weighted by Crippen LogP contribution is 2.37. The molecule has 1 aliphatic rings. The minimum atomic E-state index is -0.882. The molecule has 8 nitrogen and oxygen atoms in total. The molecule has 4 aromatic carbocycles. The lowest BCUT2D eigenvalue weighted by Gasteiger charge is -2.36. The quantitative estimate of drug-likeness (QED) is 0.0489. The third-order valence-corrected chi connectivity index (χ3v) is 12.1. The highest BCUT2D eigenvalue weighted by Gasteiger charge is 2.45. The fourth-order valence-corrected chi connectivity index (χ4v) is 8.75. The van der Waals surface area contributed by atoms with Crippen molar-refractivity contribution < 1.29 is 23.9 Å². The van der Waals surface area contributed by atoms with E-state index >= 15 is 0 Å². The average Bonchev–Trinajstić information content (AvgIpc) is 3.72. The van der Waals surface area contributed by atoms with E-state index in [0.717, 1.165) is 76.9 Å². The Kier molecular flexibility index (Phi) is 17.4. The summed E-state index contributed by atoms with van der Waals surface area (Å²) < 4.78 is 12.0. The molecule has 8 heteroatoms. The molecule has 6 rings (SSSR count). The summed E-state index contributed by atoms with van der Waals surface area (Å²) >= 11 is 0. The van der Waals surface area contributed by atoms with E-state index in [0.29, 0.717) is 38.9 Å². The Labute approximate surface area is 357 Å². The number of carbonyl (C=O) groups excluding carboxylic acids is 3. The summed E-state index contributed by atoms with van der Waals surface area (Å²) in [4.78, 5) is 49.3. The third-order valence-electron chi connectivity index (χ3n) is 12.1. The van der Waals surface area contributed by atoms with Gasteiger partial charge in [-0.1, -0.05) is 163 Å². The van der Waals surface area contributed by atoms with Crippen LogP contribution in [-0.2, 0) is 36.7 Å². The monoisotopic (exact) mass is 811 g/mol. The SMILES string of the molecule is CCCCCCCCOC(=O)[C@H](Cc1ccc2ccccc2c1)NC(=O)[C@@H]1CC[C@@H]([C@H](Cc2ccc3ccccc3c2)C(=O)OCCCCCCCC)N1c1ccncc1. The predicted molar refractivity (Wildman–Crippen MR) is 243 cm³/mol. The van der Waals surface area contributed by atoms with Crippen LogP contribution in [-0.4, -0.2) is 54.2 Å². The van der Waals surface area contributed by atoms with Crippen LogP contribution in [0.2, 0.25) is 0 Å². The van der Waals surface area contributed by atoms with Crippen molar-refractivity contribution in [1.82, 2.24) is 10.3 Å². The van der Waals surface area contributed by atoms with Crippen LogP contribution < -0.4 is 10.2 Å². The molecule has 1 fully saturated rings. The van der Waals surface area contributed by atoms with Gasteiger partial charge in [0.1, 0.15) is 12.1 Å². The Bertz CT molecular complexity index is 2100. The van der Waals surface area contributed by atoms with Gasteiger partial charge in [0, 0.05) is 30.5 Å². The molecule has 1 aliphatic heterocycles. The van der Waals surface area contributed by atoms with Crippen LogP contribution in [0.4, 0.5) is 5.69 Å². The first-order valence-corrected chi connectivity index (χ1v) is 22.7. The lowest BCUT2D eigenvalue weighted by molar-refractivity contribution is -0.149. The fourth-order valence-electron chi connectivity index (χ4n) is 8.75. The maximum absolute atomic E-state index is 14.7. The molecule has 1 aromatic heterocycles. The zero-order chi connectivity index (χ0) is 41.9. The van der Waals surface area contributed by atoms with Crippen LogP contribution >= 0.6 is 0 Å². The molecule has 0 aliphatic carbocycles. The number of carbonyl (C=O) groups is 3. The summed E-state index contributed by atoms with van der Waals surface area (Å²) in [5, 5.41) is 7.60. The summed E-state index contributed by atoms with van der Waals surface area (Å²) in [5.74, 6) is -1.47. The first kappa shape index (κ1) is 44.3. The molecular formula is C52H65N3O5. The highest BCUT2D eigenvalue weighted by atomic mass is 16.5. The molecule has 0 radical (unpaired) electrons. The Hall–Kier alpha value is -5.24. The molecule has 0 spiro atoms. The van der Waals surface area contributed by atoms with Gasteiger partial charge in [-0.15, -0.1) is 0 Å². The maximum Gasteiger partial charge on any atom is 0.328 e. The van der Waals surface area contributed by atoms with Gasteiger partial charge in [0.2, 0.25) is 5.91 Å². The summed E-state index contributed by atoms with van der Waals surface area (Å²) in [6.07, 6.45) is 18.4. The van der Waals surface area contributed by atoms with Gasteiger partial charge in [0.15, 0.2) is 0 Å². The van der Waals surface area contributed by atoms with Gasteiger partial charge in [-0.25, -0.2) is 4.79 Å². The molecule has 0 unspecified atom stereocenters. The molecule has 1 amide bonds. The van der Waals surface area contributed by atoms with Crippen LogP contribution in [0.15, 0.2) is 109 Å². The number of esters is 2. The van der Waals surface area contributed by atoms with E-state index in [-0.39, 0.29) is 17.9 Å². The summed E-state index contributed by atoms with van der Waals surface area (Å²) in [7, 11) is 0. The normalized spacial score (nSPS) is 16.1. The minimum Gasteiger partial charge on any atom is -0.465 e. The first-order valence-electron chi connectivity index (χ1n) is 22.7. The summed E-state index contributed by atoms with van der Waals surface area (Å²) in [6, 6.07) is 30.9. The second kappa shape index (κ2) is 23.5. The Balaban J connectivity index is 1.23. The Morgan fingerprint density at radius 3 is 1.72 bits per heavy atom. The van der Waals surface area contributed by atoms with Crippen LogP contribution in [0.1, 0.15) is 115 Å². The van der Waals surface area contributed by atoms with Gasteiger partial charge in [-0.2, -0.15) is 0 Å². The van der Waals surface area contributed by atoms with E-state index in [2.05, 4.69) is 83.6 Å². The lowest BCUT2D eigenvalue weighted by atomic mass is 9.89. The van der Waals surface area contributed by atoms with E-state index in [4.69, 9.17) is 9.47 Å². The van der Waals surface area contributed by atoms with E-state index in [1.54, 1.807) is 12.4 Å². The first-order chi connectivity index (χ1) is 29.4. The Morgan fingerprint density at radius 1 is 0.617 bits per heavy atom. The highest BCUT2D eigenvalue weighted by molar-refractivity contribution is 5.91. The van der Waals surface area contributed by atoms with Crippen molar-refractivity contribution in [3.05, 3.63) is 121 Å². The number of fused-ring (bicyclic) bond motifs is 2. The van der Waals surface area contributed by atoms with Gasteiger partial charge in [-0.05, 0) is 76.9 Å². The van der Waals surface area contributed by atoms with E-state index in [9.17, 15) is 14.4 Å². The molecule has 5 aromatic rings. The fraction of sp³-hybridized carbons (Fsp3) is 0.462. The van der Waals surface area contributed by atoms with Crippen molar-refractivity contribution >= 4 is 45.1 Å². The van der Waals surface area contributed by atoms with Crippen LogP contribution in [0.25, 0.3) is 21.5 Å². The zero-order valence-electron chi connectivity index (χ0n) is 35.9. The van der Waals surface area contributed by atoms with Gasteiger partial charge in [0.05, 0.1) is 19.1 Å². The predicted octanol–water partition coefficient (Wildman–Crippen LogP) is 11.1. The number of rotatable bonds is 24. The number of aromatic nitrogens is 1. The molecule has 0 bridgehead atoms. The van der Waals surface area contributed by atoms with Crippen molar-refractivity contribution in [2.24, 2.45) is 5.92 Å². The van der Waals surface area contributed by atoms with Crippen molar-refractivity contribution in [2.75, 3.05) is 18.1 Å². The van der Waals surface area contributed by atoms with Gasteiger partial charge in [0.25, 0.3) is 0 Å². The van der Waals surface area contributed by atoms with Crippen LogP contribution in [0.3, 0.4) is 0 Å². The zero-order valence-corrected chi connectivity index (χ0v) is 35.9. The van der Waals surface area contributed by atoms with E-state index in [1.165, 1.54) is 38.5 Å². The molecule has 318 valence electrons. The third kappa shape index (κ3) is 12.6. The second-order valence-corrected chi connectivity index (χ2v) is 16.6. The summed E-state index contributed by atoms with van der Waals surface area (Å²) in [5.41, 5.74) is 2.78. The molecular weight excluding hydrogens is 747 g/mol. The second-order valence-electron chi connectivity index (χ2n) is 16.6. The molecule has 1 saturated heterocycles. The van der Waals surface area contributed by atoms with Crippen molar-refractivity contribution in [2.45, 2.75) is 135 Å². The topological polar surface area (TPSA) is 97.8 Å². The minimum absolute atomic E-state index is 0.241. The lowest BCUT2D eigenvalue weighted by Crippen LogP contribution is -2.53. The van der Waals surface area contributed by atoms with E-state index < -0.39 is 24.0 Å². The number of amides is 1. The van der Waals surface area contributed by atoms with Crippen molar-refractivity contribution in [3.63, 3.8) is 0 Å². The number of nitrogens with one attached hydrogen (secondary N) is 1. The average molecular weight is 812 g/mol. The molecule has 2 heterocycles. The number of pyridine rings is 1. The molecule has 1 N–H and O–H groups in total. The largest absolute Gasteiger partial charge is 0.465 e. The number of hydrogen-bond acceptors (Lipinski definition) is 7. The Morgan fingerprint density at radius 2 is 1.13 bits per heavy atom. The number of anilines is 1. The van der Waals surface area contributed by atoms with Crippen molar-refractivity contribution in [1.29, 1.82) is 0 Å². The smallest absolute Gasteiger partial charge is 0.328 e. The van der Waals surface area contributed by atoms with Gasteiger partial charge in [-0.3, -0.25) is 14.6 Å². The molecule has 0 saturated carbocycles. The number of nitrogens with zero attached hydrogens (tertiary/aromatic N) is 2. The molecule has 60 heavy (non-hydrogen) atoms. The van der Waals surface area contributed by atoms with Gasteiger partial charge >= 0.3 is 11.9 Å². The van der Waals surface area contributed by atoms with Crippen LogP contribution in [0, 0.1) is 5.92 Å². The van der Waals surface area contributed by atoms with E-state index in [1.807, 2.05) is 42.5 Å².